The van der Waals surface area contributed by atoms with Crippen molar-refractivity contribution in [2.45, 2.75) is 32.2 Å². The average molecular weight is 232 g/mol. The van der Waals surface area contributed by atoms with Gasteiger partial charge in [-0.2, -0.15) is 0 Å². The van der Waals surface area contributed by atoms with Gasteiger partial charge in [0.15, 0.2) is 0 Å². The lowest BCUT2D eigenvalue weighted by Gasteiger charge is -2.50. The molecule has 0 bridgehead atoms. The Morgan fingerprint density at radius 2 is 1.94 bits per heavy atom. The molecule has 2 heteroatoms. The SMILES string of the molecule is Cc1ccccc1C(N(C)C)C1(CN)CCC1. The summed E-state index contributed by atoms with van der Waals surface area (Å²) in [6.07, 6.45) is 3.86. The molecule has 17 heavy (non-hydrogen) atoms. The first kappa shape index (κ1) is 12.6. The molecular weight excluding hydrogens is 208 g/mol. The molecule has 1 atom stereocenters. The predicted molar refractivity (Wildman–Crippen MR) is 72.9 cm³/mol. The van der Waals surface area contributed by atoms with E-state index in [4.69, 9.17) is 5.73 Å². The minimum absolute atomic E-state index is 0.301. The summed E-state index contributed by atoms with van der Waals surface area (Å²) in [6.45, 7) is 3.00. The van der Waals surface area contributed by atoms with E-state index in [9.17, 15) is 0 Å². The van der Waals surface area contributed by atoms with E-state index < -0.39 is 0 Å². The normalized spacial score (nSPS) is 20.1. The van der Waals surface area contributed by atoms with Gasteiger partial charge in [-0.15, -0.1) is 0 Å². The quantitative estimate of drug-likeness (QED) is 0.865. The van der Waals surface area contributed by atoms with Gasteiger partial charge in [0, 0.05) is 11.5 Å². The number of hydrogen-bond donors (Lipinski definition) is 1. The van der Waals surface area contributed by atoms with E-state index >= 15 is 0 Å². The summed E-state index contributed by atoms with van der Waals surface area (Å²) >= 11 is 0. The molecule has 1 aliphatic carbocycles. The smallest absolute Gasteiger partial charge is 0.0412 e. The van der Waals surface area contributed by atoms with E-state index in [0.29, 0.717) is 11.5 Å². The van der Waals surface area contributed by atoms with Crippen molar-refractivity contribution >= 4 is 0 Å². The lowest BCUT2D eigenvalue weighted by molar-refractivity contribution is 0.0278. The van der Waals surface area contributed by atoms with Gasteiger partial charge in [0.2, 0.25) is 0 Å². The van der Waals surface area contributed by atoms with Gasteiger partial charge in [0.05, 0.1) is 0 Å². The van der Waals surface area contributed by atoms with Gasteiger partial charge in [0.1, 0.15) is 0 Å². The van der Waals surface area contributed by atoms with Crippen LogP contribution in [0.3, 0.4) is 0 Å². The maximum Gasteiger partial charge on any atom is 0.0412 e. The Kier molecular flexibility index (Phi) is 3.55. The monoisotopic (exact) mass is 232 g/mol. The van der Waals surface area contributed by atoms with Gasteiger partial charge in [-0.3, -0.25) is 0 Å². The minimum atomic E-state index is 0.301. The minimum Gasteiger partial charge on any atom is -0.330 e. The van der Waals surface area contributed by atoms with E-state index in [2.05, 4.69) is 50.2 Å². The summed E-state index contributed by atoms with van der Waals surface area (Å²) in [7, 11) is 4.35. The molecule has 0 aliphatic heterocycles. The van der Waals surface area contributed by atoms with Crippen LogP contribution in [0.5, 0.6) is 0 Å². The first-order valence-electron chi connectivity index (χ1n) is 6.53. The van der Waals surface area contributed by atoms with Crippen molar-refractivity contribution in [3.8, 4) is 0 Å². The molecule has 94 valence electrons. The van der Waals surface area contributed by atoms with E-state index in [0.717, 1.165) is 6.54 Å². The van der Waals surface area contributed by atoms with Gasteiger partial charge < -0.3 is 10.6 Å². The third kappa shape index (κ3) is 2.12. The molecule has 2 rings (SSSR count). The summed E-state index contributed by atoms with van der Waals surface area (Å²) in [6, 6.07) is 9.18. The van der Waals surface area contributed by atoms with Crippen molar-refractivity contribution in [3.05, 3.63) is 35.4 Å². The Morgan fingerprint density at radius 3 is 2.35 bits per heavy atom. The largest absolute Gasteiger partial charge is 0.330 e. The molecular formula is C15H24N2. The molecule has 0 aromatic heterocycles. The topological polar surface area (TPSA) is 29.3 Å². The fourth-order valence-electron chi connectivity index (χ4n) is 3.27. The van der Waals surface area contributed by atoms with Gasteiger partial charge in [-0.25, -0.2) is 0 Å². The first-order chi connectivity index (χ1) is 8.10. The number of rotatable bonds is 4. The molecule has 1 aromatic carbocycles. The summed E-state index contributed by atoms with van der Waals surface area (Å²) in [5, 5.41) is 0. The molecule has 1 unspecified atom stereocenters. The molecule has 1 aromatic rings. The third-order valence-electron chi connectivity index (χ3n) is 4.34. The fourth-order valence-corrected chi connectivity index (χ4v) is 3.27. The highest BCUT2D eigenvalue weighted by Crippen LogP contribution is 2.51. The molecule has 2 nitrogen and oxygen atoms in total. The van der Waals surface area contributed by atoms with Crippen LogP contribution >= 0.6 is 0 Å². The van der Waals surface area contributed by atoms with E-state index in [-0.39, 0.29) is 0 Å². The molecule has 1 fully saturated rings. The highest BCUT2D eigenvalue weighted by Gasteiger charge is 2.44. The van der Waals surface area contributed by atoms with Crippen LogP contribution in [0.1, 0.15) is 36.4 Å². The predicted octanol–water partition coefficient (Wildman–Crippen LogP) is 2.73. The van der Waals surface area contributed by atoms with Crippen molar-refractivity contribution in [1.82, 2.24) is 4.90 Å². The second-order valence-electron chi connectivity index (χ2n) is 5.64. The fraction of sp³-hybridized carbons (Fsp3) is 0.600. The zero-order valence-electron chi connectivity index (χ0n) is 11.2. The summed E-state index contributed by atoms with van der Waals surface area (Å²) < 4.78 is 0. The Morgan fingerprint density at radius 1 is 1.29 bits per heavy atom. The highest BCUT2D eigenvalue weighted by molar-refractivity contribution is 5.31. The van der Waals surface area contributed by atoms with Crippen molar-refractivity contribution in [2.75, 3.05) is 20.6 Å². The van der Waals surface area contributed by atoms with Crippen molar-refractivity contribution in [1.29, 1.82) is 0 Å². The standard InChI is InChI=1S/C15H24N2/c1-12-7-4-5-8-13(12)14(17(2)3)15(11-16)9-6-10-15/h4-5,7-8,14H,6,9-11,16H2,1-3H3. The van der Waals surface area contributed by atoms with Crippen LogP contribution in [-0.4, -0.2) is 25.5 Å². The summed E-state index contributed by atoms with van der Waals surface area (Å²) in [4.78, 5) is 2.34. The van der Waals surface area contributed by atoms with Crippen LogP contribution in [0.15, 0.2) is 24.3 Å². The molecule has 0 saturated heterocycles. The number of benzene rings is 1. The number of hydrogen-bond acceptors (Lipinski definition) is 2. The lowest BCUT2D eigenvalue weighted by Crippen LogP contribution is -2.47. The molecule has 0 amide bonds. The van der Waals surface area contributed by atoms with Crippen LogP contribution in [0.2, 0.25) is 0 Å². The lowest BCUT2D eigenvalue weighted by atomic mass is 9.61. The molecule has 1 saturated carbocycles. The van der Waals surface area contributed by atoms with Crippen LogP contribution in [-0.2, 0) is 0 Å². The van der Waals surface area contributed by atoms with Crippen molar-refractivity contribution < 1.29 is 0 Å². The second kappa shape index (κ2) is 4.79. The van der Waals surface area contributed by atoms with E-state index in [1.165, 1.54) is 30.4 Å². The molecule has 0 radical (unpaired) electrons. The van der Waals surface area contributed by atoms with Crippen LogP contribution in [0.25, 0.3) is 0 Å². The van der Waals surface area contributed by atoms with Crippen LogP contribution < -0.4 is 5.73 Å². The Balaban J connectivity index is 2.39. The molecule has 2 N–H and O–H groups in total. The highest BCUT2D eigenvalue weighted by atomic mass is 15.1. The number of aryl methyl sites for hydroxylation is 1. The maximum absolute atomic E-state index is 6.07. The van der Waals surface area contributed by atoms with E-state index in [1.807, 2.05) is 0 Å². The number of nitrogens with zero attached hydrogens (tertiary/aromatic N) is 1. The Hall–Kier alpha value is -0.860. The van der Waals surface area contributed by atoms with Gasteiger partial charge in [-0.05, 0) is 51.5 Å². The van der Waals surface area contributed by atoms with Gasteiger partial charge in [0.25, 0.3) is 0 Å². The first-order valence-corrected chi connectivity index (χ1v) is 6.53. The molecule has 0 heterocycles. The number of nitrogens with two attached hydrogens (primary N) is 1. The second-order valence-corrected chi connectivity index (χ2v) is 5.64. The average Bonchev–Trinajstić information content (AvgIpc) is 2.24. The maximum atomic E-state index is 6.07. The zero-order chi connectivity index (χ0) is 12.5. The van der Waals surface area contributed by atoms with Crippen molar-refractivity contribution in [2.24, 2.45) is 11.1 Å². The van der Waals surface area contributed by atoms with E-state index in [1.54, 1.807) is 0 Å². The third-order valence-corrected chi connectivity index (χ3v) is 4.34. The zero-order valence-corrected chi connectivity index (χ0v) is 11.2. The van der Waals surface area contributed by atoms with Gasteiger partial charge in [-0.1, -0.05) is 30.7 Å². The van der Waals surface area contributed by atoms with Crippen LogP contribution in [0, 0.1) is 12.3 Å². The van der Waals surface area contributed by atoms with Crippen LogP contribution in [0.4, 0.5) is 0 Å². The Bertz CT molecular complexity index is 375. The molecule has 1 aliphatic rings. The Labute approximate surface area is 105 Å². The van der Waals surface area contributed by atoms with Gasteiger partial charge >= 0.3 is 0 Å². The van der Waals surface area contributed by atoms with Crippen molar-refractivity contribution in [3.63, 3.8) is 0 Å². The summed E-state index contributed by atoms with van der Waals surface area (Å²) in [5.74, 6) is 0. The molecule has 0 spiro atoms. The summed E-state index contributed by atoms with van der Waals surface area (Å²) in [5.41, 5.74) is 9.20.